The van der Waals surface area contributed by atoms with Crippen LogP contribution in [0.5, 0.6) is 0 Å². The number of hydrogen-bond donors (Lipinski definition) is 0. The van der Waals surface area contributed by atoms with Gasteiger partial charge in [-0.05, 0) is 19.9 Å². The van der Waals surface area contributed by atoms with Crippen LogP contribution >= 0.6 is 0 Å². The number of rotatable bonds is 3. The number of carbonyl (C=O) groups is 3. The Morgan fingerprint density at radius 1 is 1.27 bits per heavy atom. The van der Waals surface area contributed by atoms with Crippen LogP contribution in [0.3, 0.4) is 0 Å². The molecule has 3 amide bonds. The summed E-state index contributed by atoms with van der Waals surface area (Å²) in [6.07, 6.45) is 0.859. The van der Waals surface area contributed by atoms with E-state index < -0.39 is 6.09 Å². The molecule has 3 rings (SSSR count). The van der Waals surface area contributed by atoms with Crippen molar-refractivity contribution < 1.29 is 23.9 Å². The molecule has 0 aliphatic carbocycles. The molecule has 3 fully saturated rings. The summed E-state index contributed by atoms with van der Waals surface area (Å²) in [6.45, 7) is 3.06. The molecule has 0 N–H and O–H groups in total. The van der Waals surface area contributed by atoms with Gasteiger partial charge in [-0.25, -0.2) is 14.5 Å². The van der Waals surface area contributed by atoms with Gasteiger partial charge >= 0.3 is 12.2 Å². The van der Waals surface area contributed by atoms with Crippen LogP contribution in [0.4, 0.5) is 9.59 Å². The van der Waals surface area contributed by atoms with Gasteiger partial charge in [-0.15, -0.1) is 0 Å². The molecule has 0 unspecified atom stereocenters. The monoisotopic (exact) mass is 311 g/mol. The van der Waals surface area contributed by atoms with Gasteiger partial charge in [0.1, 0.15) is 6.10 Å². The number of carbonyl (C=O) groups excluding carboxylic acids is 3. The third-order valence-corrected chi connectivity index (χ3v) is 4.43. The van der Waals surface area contributed by atoms with Crippen molar-refractivity contribution in [1.29, 1.82) is 0 Å². The van der Waals surface area contributed by atoms with E-state index in [1.165, 1.54) is 0 Å². The minimum absolute atomic E-state index is 0.00196. The molecule has 22 heavy (non-hydrogen) atoms. The summed E-state index contributed by atoms with van der Waals surface area (Å²) in [5.41, 5.74) is 0. The molecule has 0 aromatic rings. The lowest BCUT2D eigenvalue weighted by atomic mass is 10.0. The first-order valence-corrected chi connectivity index (χ1v) is 7.64. The number of likely N-dealkylation sites (tertiary alicyclic amines) is 2. The van der Waals surface area contributed by atoms with Crippen LogP contribution in [0.25, 0.3) is 0 Å². The highest BCUT2D eigenvalue weighted by Crippen LogP contribution is 2.22. The molecule has 3 aliphatic heterocycles. The Morgan fingerprint density at radius 2 is 1.95 bits per heavy atom. The van der Waals surface area contributed by atoms with Crippen molar-refractivity contribution >= 4 is 18.1 Å². The molecular formula is C14H21N3O5. The third-order valence-electron chi connectivity index (χ3n) is 4.43. The van der Waals surface area contributed by atoms with Gasteiger partial charge < -0.3 is 19.3 Å². The second kappa shape index (κ2) is 6.12. The molecule has 0 saturated carbocycles. The third kappa shape index (κ3) is 3.16. The largest absolute Gasteiger partial charge is 0.446 e. The van der Waals surface area contributed by atoms with Crippen LogP contribution in [0.2, 0.25) is 0 Å². The van der Waals surface area contributed by atoms with E-state index in [-0.39, 0.29) is 30.6 Å². The summed E-state index contributed by atoms with van der Waals surface area (Å²) >= 11 is 0. The maximum atomic E-state index is 12.0. The first kappa shape index (κ1) is 15.1. The molecule has 0 aromatic carbocycles. The van der Waals surface area contributed by atoms with E-state index in [1.54, 1.807) is 4.90 Å². The Balaban J connectivity index is 1.38. The van der Waals surface area contributed by atoms with Gasteiger partial charge in [0, 0.05) is 38.6 Å². The van der Waals surface area contributed by atoms with Crippen molar-refractivity contribution in [1.82, 2.24) is 14.7 Å². The molecule has 0 spiro atoms. The van der Waals surface area contributed by atoms with E-state index in [0.29, 0.717) is 19.6 Å². The number of nitrogens with zero attached hydrogens (tertiary/aromatic N) is 3. The van der Waals surface area contributed by atoms with E-state index in [4.69, 9.17) is 4.74 Å². The predicted molar refractivity (Wildman–Crippen MR) is 75.1 cm³/mol. The Kier molecular flexibility index (Phi) is 4.19. The fourth-order valence-electron chi connectivity index (χ4n) is 2.97. The van der Waals surface area contributed by atoms with Crippen molar-refractivity contribution in [3.63, 3.8) is 0 Å². The highest BCUT2D eigenvalue weighted by Gasteiger charge is 2.39. The zero-order valence-electron chi connectivity index (χ0n) is 12.7. The first-order valence-electron chi connectivity index (χ1n) is 7.64. The lowest BCUT2D eigenvalue weighted by molar-refractivity contribution is -0.126. The molecule has 3 heterocycles. The lowest BCUT2D eigenvalue weighted by Gasteiger charge is -2.40. The average Bonchev–Trinajstić information content (AvgIpc) is 2.75. The molecule has 0 bridgehead atoms. The van der Waals surface area contributed by atoms with Crippen LogP contribution < -0.4 is 0 Å². The van der Waals surface area contributed by atoms with E-state index in [9.17, 15) is 14.4 Å². The zero-order chi connectivity index (χ0) is 15.7. The maximum absolute atomic E-state index is 12.0. The summed E-state index contributed by atoms with van der Waals surface area (Å²) in [6, 6.07) is 0. The van der Waals surface area contributed by atoms with Crippen LogP contribution in [0.15, 0.2) is 0 Å². The lowest BCUT2D eigenvalue weighted by Crippen LogP contribution is -2.55. The molecule has 0 aromatic heterocycles. The van der Waals surface area contributed by atoms with Crippen LogP contribution in [-0.4, -0.2) is 85.3 Å². The van der Waals surface area contributed by atoms with E-state index >= 15 is 0 Å². The van der Waals surface area contributed by atoms with Crippen LogP contribution in [0, 0.1) is 5.92 Å². The number of cyclic esters (lactones) is 1. The summed E-state index contributed by atoms with van der Waals surface area (Å²) in [5.74, 6) is -0.197. The summed E-state index contributed by atoms with van der Waals surface area (Å²) < 4.78 is 10.2. The van der Waals surface area contributed by atoms with Gasteiger partial charge in [0.25, 0.3) is 5.91 Å². The number of piperidine rings is 1. The highest BCUT2D eigenvalue weighted by molar-refractivity contribution is 5.97. The van der Waals surface area contributed by atoms with Crippen molar-refractivity contribution in [2.45, 2.75) is 18.9 Å². The highest BCUT2D eigenvalue weighted by atomic mass is 16.6. The molecule has 3 aliphatic rings. The van der Waals surface area contributed by atoms with Crippen molar-refractivity contribution in [2.24, 2.45) is 5.92 Å². The van der Waals surface area contributed by atoms with Crippen molar-refractivity contribution in [3.8, 4) is 0 Å². The first-order chi connectivity index (χ1) is 10.5. The van der Waals surface area contributed by atoms with Gasteiger partial charge in [-0.3, -0.25) is 4.79 Å². The average molecular weight is 311 g/mol. The normalized spacial score (nSPS) is 24.4. The fraction of sp³-hybridized carbons (Fsp3) is 0.786. The second-order valence-corrected chi connectivity index (χ2v) is 6.22. The summed E-state index contributed by atoms with van der Waals surface area (Å²) in [5, 5.41) is 0. The number of ether oxygens (including phenoxy) is 2. The summed E-state index contributed by atoms with van der Waals surface area (Å²) in [4.78, 5) is 39.7. The molecule has 122 valence electrons. The molecule has 8 nitrogen and oxygen atoms in total. The Morgan fingerprint density at radius 3 is 2.55 bits per heavy atom. The summed E-state index contributed by atoms with van der Waals surface area (Å²) in [7, 11) is 2.06. The van der Waals surface area contributed by atoms with Crippen molar-refractivity contribution in [2.75, 3.05) is 46.4 Å². The minimum atomic E-state index is -0.586. The van der Waals surface area contributed by atoms with E-state index in [0.717, 1.165) is 30.8 Å². The number of hydrogen-bond acceptors (Lipinski definition) is 6. The molecule has 0 radical (unpaired) electrons. The second-order valence-electron chi connectivity index (χ2n) is 6.22. The zero-order valence-corrected chi connectivity index (χ0v) is 12.7. The smallest absolute Gasteiger partial charge is 0.417 e. The predicted octanol–water partition coefficient (Wildman–Crippen LogP) is 0.128. The van der Waals surface area contributed by atoms with E-state index in [2.05, 4.69) is 16.7 Å². The quantitative estimate of drug-likeness (QED) is 0.737. The van der Waals surface area contributed by atoms with E-state index in [1.807, 2.05) is 0 Å². The maximum Gasteiger partial charge on any atom is 0.417 e. The van der Waals surface area contributed by atoms with Gasteiger partial charge in [-0.1, -0.05) is 0 Å². The Hall–Kier alpha value is -1.83. The molecule has 8 heteroatoms. The SMILES string of the molecule is CN1CCC(OC(=O)N2CC(CN3C(=O)COC3=O)C2)CC1. The standard InChI is InChI=1S/C14H21N3O5/c1-15-4-2-11(3-5-15)22-13(19)16-6-10(7-16)8-17-12(18)9-21-14(17)20/h10-11H,2-9H2,1H3. The van der Waals surface area contributed by atoms with Gasteiger partial charge in [0.05, 0.1) is 0 Å². The Bertz CT molecular complexity index is 453. The van der Waals surface area contributed by atoms with Crippen LogP contribution in [0.1, 0.15) is 12.8 Å². The van der Waals surface area contributed by atoms with Gasteiger partial charge in [0.15, 0.2) is 6.61 Å². The molecular weight excluding hydrogens is 290 g/mol. The number of amides is 3. The topological polar surface area (TPSA) is 79.4 Å². The fourth-order valence-corrected chi connectivity index (χ4v) is 2.97. The van der Waals surface area contributed by atoms with Gasteiger partial charge in [-0.2, -0.15) is 0 Å². The number of imide groups is 1. The van der Waals surface area contributed by atoms with Gasteiger partial charge in [0.2, 0.25) is 0 Å². The van der Waals surface area contributed by atoms with Crippen LogP contribution in [-0.2, 0) is 14.3 Å². The van der Waals surface area contributed by atoms with Crippen molar-refractivity contribution in [3.05, 3.63) is 0 Å². The minimum Gasteiger partial charge on any atom is -0.446 e. The Labute approximate surface area is 128 Å². The molecule has 3 saturated heterocycles. The molecule has 0 atom stereocenters.